The number of benzene rings is 1. The second-order valence-corrected chi connectivity index (χ2v) is 6.50. The maximum absolute atomic E-state index is 12.3. The maximum Gasteiger partial charge on any atom is 0.266 e. The summed E-state index contributed by atoms with van der Waals surface area (Å²) in [4.78, 5) is 12.3. The molecule has 0 aliphatic heterocycles. The van der Waals surface area contributed by atoms with Gasteiger partial charge in [-0.2, -0.15) is 5.26 Å². The minimum Gasteiger partial charge on any atom is -0.461 e. The number of nitrogens with zero attached hydrogens (tertiary/aromatic N) is 1. The molecule has 1 aromatic heterocycles. The Morgan fingerprint density at radius 3 is 2.71 bits per heavy atom. The van der Waals surface area contributed by atoms with Gasteiger partial charge in [0.2, 0.25) is 0 Å². The normalized spacial score (nSPS) is 19.7. The fourth-order valence-electron chi connectivity index (χ4n) is 2.80. The fourth-order valence-corrected chi connectivity index (χ4v) is 2.80. The zero-order chi connectivity index (χ0) is 17.3. The summed E-state index contributed by atoms with van der Waals surface area (Å²) >= 11 is 0. The average molecular weight is 320 g/mol. The van der Waals surface area contributed by atoms with Crippen molar-refractivity contribution in [2.45, 2.75) is 33.1 Å². The summed E-state index contributed by atoms with van der Waals surface area (Å²) in [5, 5.41) is 12.1. The predicted octanol–water partition coefficient (Wildman–Crippen LogP) is 4.57. The van der Waals surface area contributed by atoms with Gasteiger partial charge in [-0.15, -0.1) is 0 Å². The standard InChI is InChI=1S/C20H20N2O2/c1-12-4-6-18(14(3)8-12)22-20(23)15(11-21)10-16-5-7-19(24-16)17-9-13(17)2/h4-8,10,13,17H,9H2,1-3H3,(H,22,23)/b15-10+/t13-,17+/m0/s1. The molecule has 1 amide bonds. The van der Waals surface area contributed by atoms with Crippen LogP contribution in [0, 0.1) is 31.1 Å². The molecule has 0 spiro atoms. The van der Waals surface area contributed by atoms with Gasteiger partial charge in [-0.3, -0.25) is 4.79 Å². The van der Waals surface area contributed by atoms with Crippen molar-refractivity contribution in [2.75, 3.05) is 5.32 Å². The van der Waals surface area contributed by atoms with Gasteiger partial charge in [0.25, 0.3) is 5.91 Å². The fraction of sp³-hybridized carbons (Fsp3) is 0.300. The van der Waals surface area contributed by atoms with Crippen molar-refractivity contribution in [1.82, 2.24) is 0 Å². The van der Waals surface area contributed by atoms with E-state index in [2.05, 4.69) is 12.2 Å². The first-order valence-electron chi connectivity index (χ1n) is 8.08. The number of anilines is 1. The average Bonchev–Trinajstić information content (AvgIpc) is 3.09. The summed E-state index contributed by atoms with van der Waals surface area (Å²) in [5.41, 5.74) is 2.82. The molecule has 2 aromatic rings. The third kappa shape index (κ3) is 3.41. The van der Waals surface area contributed by atoms with Crippen LogP contribution < -0.4 is 5.32 Å². The van der Waals surface area contributed by atoms with E-state index < -0.39 is 5.91 Å². The van der Waals surface area contributed by atoms with E-state index >= 15 is 0 Å². The quantitative estimate of drug-likeness (QED) is 0.663. The summed E-state index contributed by atoms with van der Waals surface area (Å²) in [7, 11) is 0. The monoisotopic (exact) mass is 320 g/mol. The Morgan fingerprint density at radius 1 is 1.33 bits per heavy atom. The molecule has 1 N–H and O–H groups in total. The second kappa shape index (κ2) is 6.37. The van der Waals surface area contributed by atoms with E-state index in [1.807, 2.05) is 50.2 Å². The lowest BCUT2D eigenvalue weighted by Crippen LogP contribution is -2.14. The van der Waals surface area contributed by atoms with Gasteiger partial charge in [0.1, 0.15) is 23.2 Å². The smallest absolute Gasteiger partial charge is 0.266 e. The van der Waals surface area contributed by atoms with E-state index in [1.54, 1.807) is 0 Å². The number of furan rings is 1. The van der Waals surface area contributed by atoms with Gasteiger partial charge in [-0.05, 0) is 49.9 Å². The zero-order valence-electron chi connectivity index (χ0n) is 14.1. The van der Waals surface area contributed by atoms with Crippen molar-refractivity contribution in [3.05, 3.63) is 58.6 Å². The first kappa shape index (κ1) is 16.1. The first-order chi connectivity index (χ1) is 11.5. The number of rotatable bonds is 4. The molecule has 1 aliphatic carbocycles. The molecule has 0 radical (unpaired) electrons. The van der Waals surface area contributed by atoms with E-state index in [-0.39, 0.29) is 5.57 Å². The topological polar surface area (TPSA) is 66.0 Å². The van der Waals surface area contributed by atoms with Gasteiger partial charge >= 0.3 is 0 Å². The highest BCUT2D eigenvalue weighted by Crippen LogP contribution is 2.47. The highest BCUT2D eigenvalue weighted by molar-refractivity contribution is 6.09. The van der Waals surface area contributed by atoms with Crippen molar-refractivity contribution in [2.24, 2.45) is 5.92 Å². The van der Waals surface area contributed by atoms with Crippen molar-refractivity contribution in [1.29, 1.82) is 5.26 Å². The van der Waals surface area contributed by atoms with Crippen LogP contribution in [0.25, 0.3) is 6.08 Å². The number of aryl methyl sites for hydroxylation is 2. The van der Waals surface area contributed by atoms with Crippen LogP contribution in [0.2, 0.25) is 0 Å². The molecule has 1 aromatic carbocycles. The third-order valence-electron chi connectivity index (χ3n) is 4.40. The molecular weight excluding hydrogens is 300 g/mol. The molecule has 1 saturated carbocycles. The molecule has 24 heavy (non-hydrogen) atoms. The van der Waals surface area contributed by atoms with Gasteiger partial charge in [-0.1, -0.05) is 24.6 Å². The van der Waals surface area contributed by atoms with Gasteiger partial charge < -0.3 is 9.73 Å². The number of carbonyl (C=O) groups is 1. The lowest BCUT2D eigenvalue weighted by molar-refractivity contribution is -0.112. The van der Waals surface area contributed by atoms with E-state index in [0.717, 1.165) is 23.3 Å². The number of carbonyl (C=O) groups excluding carboxylic acids is 1. The molecular formula is C20H20N2O2. The zero-order valence-corrected chi connectivity index (χ0v) is 14.1. The number of hydrogen-bond donors (Lipinski definition) is 1. The van der Waals surface area contributed by atoms with Crippen molar-refractivity contribution in [3.63, 3.8) is 0 Å². The van der Waals surface area contributed by atoms with E-state index in [1.165, 1.54) is 6.08 Å². The Morgan fingerprint density at radius 2 is 2.08 bits per heavy atom. The maximum atomic E-state index is 12.3. The summed E-state index contributed by atoms with van der Waals surface area (Å²) in [6, 6.07) is 11.4. The second-order valence-electron chi connectivity index (χ2n) is 6.50. The van der Waals surface area contributed by atoms with Crippen LogP contribution in [0.4, 0.5) is 5.69 Å². The number of amides is 1. The van der Waals surface area contributed by atoms with E-state index in [9.17, 15) is 10.1 Å². The van der Waals surface area contributed by atoms with Crippen molar-refractivity contribution in [3.8, 4) is 6.07 Å². The highest BCUT2D eigenvalue weighted by Gasteiger charge is 2.36. The van der Waals surface area contributed by atoms with Gasteiger partial charge in [-0.25, -0.2) is 0 Å². The lowest BCUT2D eigenvalue weighted by atomic mass is 10.1. The molecule has 3 rings (SSSR count). The molecule has 2 atom stereocenters. The van der Waals surface area contributed by atoms with Gasteiger partial charge in [0, 0.05) is 17.7 Å². The Bertz CT molecular complexity index is 855. The van der Waals surface area contributed by atoms with Crippen LogP contribution in [0.1, 0.15) is 41.9 Å². The Hall–Kier alpha value is -2.80. The Balaban J connectivity index is 1.76. The molecule has 1 heterocycles. The number of hydrogen-bond acceptors (Lipinski definition) is 3. The predicted molar refractivity (Wildman–Crippen MR) is 93.4 cm³/mol. The molecule has 1 aliphatic rings. The summed E-state index contributed by atoms with van der Waals surface area (Å²) in [6.07, 6.45) is 2.63. The molecule has 4 nitrogen and oxygen atoms in total. The summed E-state index contributed by atoms with van der Waals surface area (Å²) in [5.74, 6) is 2.16. The van der Waals surface area contributed by atoms with Crippen LogP contribution in [0.5, 0.6) is 0 Å². The molecule has 0 saturated heterocycles. The third-order valence-corrected chi connectivity index (χ3v) is 4.40. The van der Waals surface area contributed by atoms with Gasteiger partial charge in [0.05, 0.1) is 0 Å². The van der Waals surface area contributed by atoms with Crippen molar-refractivity contribution >= 4 is 17.7 Å². The van der Waals surface area contributed by atoms with Crippen LogP contribution in [0.15, 0.2) is 40.3 Å². The minimum absolute atomic E-state index is 0.0275. The highest BCUT2D eigenvalue weighted by atomic mass is 16.3. The van der Waals surface area contributed by atoms with Crippen LogP contribution >= 0.6 is 0 Å². The largest absolute Gasteiger partial charge is 0.461 e. The SMILES string of the molecule is Cc1ccc(NC(=O)/C(C#N)=C/c2ccc([C@@H]3C[C@@H]3C)o2)c(C)c1. The van der Waals surface area contributed by atoms with Crippen LogP contribution in [-0.4, -0.2) is 5.91 Å². The lowest BCUT2D eigenvalue weighted by Gasteiger charge is -2.08. The number of nitriles is 1. The molecule has 0 bridgehead atoms. The van der Waals surface area contributed by atoms with Crippen molar-refractivity contribution < 1.29 is 9.21 Å². The van der Waals surface area contributed by atoms with E-state index in [0.29, 0.717) is 23.3 Å². The van der Waals surface area contributed by atoms with Crippen LogP contribution in [0.3, 0.4) is 0 Å². The van der Waals surface area contributed by atoms with Crippen LogP contribution in [-0.2, 0) is 4.79 Å². The van der Waals surface area contributed by atoms with Gasteiger partial charge in [0.15, 0.2) is 0 Å². The molecule has 0 unspecified atom stereocenters. The Kier molecular flexibility index (Phi) is 4.26. The summed E-state index contributed by atoms with van der Waals surface area (Å²) in [6.45, 7) is 6.10. The number of nitrogens with one attached hydrogen (secondary N) is 1. The Labute approximate surface area is 141 Å². The van der Waals surface area contributed by atoms with E-state index in [4.69, 9.17) is 4.42 Å². The molecule has 1 fully saturated rings. The minimum atomic E-state index is -0.429. The first-order valence-corrected chi connectivity index (χ1v) is 8.08. The molecule has 122 valence electrons. The molecule has 4 heteroatoms. The summed E-state index contributed by atoms with van der Waals surface area (Å²) < 4.78 is 5.74.